The molecule has 0 saturated heterocycles. The molecule has 1 atom stereocenters. The van der Waals surface area contributed by atoms with Crippen LogP contribution in [0, 0.1) is 6.92 Å². The fourth-order valence-corrected chi connectivity index (χ4v) is 3.76. The molecule has 2 aromatic rings. The molecule has 33 heavy (non-hydrogen) atoms. The number of carbonyl (C=O) groups excluding carboxylic acids is 2. The Hall–Kier alpha value is -3.22. The number of halogens is 3. The number of hydrogen-bond acceptors (Lipinski definition) is 7. The largest absolute Gasteiger partial charge is 0.460 e. The zero-order valence-electron chi connectivity index (χ0n) is 17.6. The highest BCUT2D eigenvalue weighted by molar-refractivity contribution is 7.89. The first-order valence-electron chi connectivity index (χ1n) is 9.44. The summed E-state index contributed by atoms with van der Waals surface area (Å²) in [5, 5.41) is 0. The molecule has 12 heteroatoms. The van der Waals surface area contributed by atoms with Crippen molar-refractivity contribution in [1.29, 1.82) is 0 Å². The molecule has 2 N–H and O–H groups in total. The molecule has 0 fully saturated rings. The minimum absolute atomic E-state index is 0.0216. The van der Waals surface area contributed by atoms with Gasteiger partial charge in [-0.3, -0.25) is 0 Å². The molecule has 0 spiro atoms. The Morgan fingerprint density at radius 1 is 1.09 bits per heavy atom. The summed E-state index contributed by atoms with van der Waals surface area (Å²) in [6.07, 6.45) is -4.62. The summed E-state index contributed by atoms with van der Waals surface area (Å²) in [5.74, 6) is -2.92. The van der Waals surface area contributed by atoms with E-state index in [1.165, 1.54) is 19.1 Å². The maximum absolute atomic E-state index is 12.9. The predicted octanol–water partition coefficient (Wildman–Crippen LogP) is 3.16. The van der Waals surface area contributed by atoms with Crippen LogP contribution in [0.5, 0.6) is 0 Å². The van der Waals surface area contributed by atoms with Crippen molar-refractivity contribution in [2.24, 2.45) is 0 Å². The molecule has 1 unspecified atom stereocenters. The number of sulfonamides is 1. The predicted molar refractivity (Wildman–Crippen MR) is 111 cm³/mol. The second-order valence-corrected chi connectivity index (χ2v) is 8.28. The highest BCUT2D eigenvalue weighted by Crippen LogP contribution is 2.30. The minimum Gasteiger partial charge on any atom is -0.460 e. The number of alkyl halides is 3. The van der Waals surface area contributed by atoms with Crippen molar-refractivity contribution in [1.82, 2.24) is 10.3 Å². The van der Waals surface area contributed by atoms with E-state index in [0.717, 1.165) is 12.1 Å². The number of esters is 2. The molecule has 2 aromatic carbocycles. The van der Waals surface area contributed by atoms with E-state index >= 15 is 0 Å². The lowest BCUT2D eigenvalue weighted by atomic mass is 10.1. The molecular weight excluding hydrogens is 465 g/mol. The van der Waals surface area contributed by atoms with Gasteiger partial charge in [0.05, 0.1) is 17.1 Å². The van der Waals surface area contributed by atoms with Gasteiger partial charge in [0.2, 0.25) is 5.76 Å². The van der Waals surface area contributed by atoms with Crippen LogP contribution in [0.15, 0.2) is 65.8 Å². The number of ether oxygens (including phenoxy) is 2. The normalized spacial score (nSPS) is 12.6. The van der Waals surface area contributed by atoms with Gasteiger partial charge in [0.15, 0.2) is 0 Å². The number of benzene rings is 2. The van der Waals surface area contributed by atoms with Gasteiger partial charge in [0, 0.05) is 0 Å². The second-order valence-electron chi connectivity index (χ2n) is 6.63. The number of hydrazine groups is 1. The molecule has 0 radical (unpaired) electrons. The molecule has 0 aliphatic carbocycles. The fraction of sp³-hybridized carbons (Fsp3) is 0.238. The number of aryl methyl sites for hydroxylation is 1. The summed E-state index contributed by atoms with van der Waals surface area (Å²) in [6.45, 7) is 6.32. The summed E-state index contributed by atoms with van der Waals surface area (Å²) < 4.78 is 73.4. The molecule has 2 rings (SSSR count). The van der Waals surface area contributed by atoms with Crippen LogP contribution >= 0.6 is 0 Å². The Labute approximate surface area is 188 Å². The second kappa shape index (κ2) is 10.6. The van der Waals surface area contributed by atoms with E-state index in [9.17, 15) is 31.2 Å². The van der Waals surface area contributed by atoms with Crippen LogP contribution < -0.4 is 10.3 Å². The Bertz CT molecular complexity index is 1130. The molecule has 0 bridgehead atoms. The monoisotopic (exact) mass is 486 g/mol. The van der Waals surface area contributed by atoms with Crippen molar-refractivity contribution in [3.63, 3.8) is 0 Å². The molecular formula is C21H21F3N2O6S. The molecule has 178 valence electrons. The van der Waals surface area contributed by atoms with E-state index in [1.54, 1.807) is 19.1 Å². The van der Waals surface area contributed by atoms with Gasteiger partial charge in [-0.15, -0.1) is 4.83 Å². The summed E-state index contributed by atoms with van der Waals surface area (Å²) in [7, 11) is -4.18. The third-order valence-corrected chi connectivity index (χ3v) is 5.68. The van der Waals surface area contributed by atoms with E-state index in [1.807, 2.05) is 4.83 Å². The van der Waals surface area contributed by atoms with Gasteiger partial charge in [0.25, 0.3) is 10.0 Å². The third-order valence-electron chi connectivity index (χ3n) is 4.25. The number of hydrogen-bond donors (Lipinski definition) is 2. The third kappa shape index (κ3) is 6.88. The number of rotatable bonds is 9. The summed E-state index contributed by atoms with van der Waals surface area (Å²) in [6, 6.07) is 7.75. The van der Waals surface area contributed by atoms with Crippen molar-refractivity contribution in [2.75, 3.05) is 6.61 Å². The summed E-state index contributed by atoms with van der Waals surface area (Å²) >= 11 is 0. The zero-order valence-corrected chi connectivity index (χ0v) is 18.4. The highest BCUT2D eigenvalue weighted by Gasteiger charge is 2.32. The van der Waals surface area contributed by atoms with Crippen LogP contribution in [0.4, 0.5) is 13.2 Å². The van der Waals surface area contributed by atoms with Crippen molar-refractivity contribution >= 4 is 22.0 Å². The zero-order chi connectivity index (χ0) is 24.8. The average Bonchev–Trinajstić information content (AvgIpc) is 2.73. The topological polar surface area (TPSA) is 111 Å². The first-order chi connectivity index (χ1) is 15.4. The van der Waals surface area contributed by atoms with Crippen molar-refractivity contribution < 1.29 is 40.7 Å². The van der Waals surface area contributed by atoms with E-state index in [-0.39, 0.29) is 17.1 Å². The van der Waals surface area contributed by atoms with E-state index in [0.29, 0.717) is 17.7 Å². The molecule has 0 aliphatic heterocycles. The van der Waals surface area contributed by atoms with E-state index in [4.69, 9.17) is 4.74 Å². The number of carbonyl (C=O) groups is 2. The maximum atomic E-state index is 12.9. The van der Waals surface area contributed by atoms with Gasteiger partial charge in [-0.25, -0.2) is 23.4 Å². The van der Waals surface area contributed by atoms with Crippen LogP contribution in [0.3, 0.4) is 0 Å². The standard InChI is InChI=1S/C21H21F3N2O6S/c1-4-31-19(27)14(3)32-20(28)18(15-9-11-16(12-10-15)21(22,23)24)25-26-33(29,30)17-8-6-5-7-13(17)2/h5-12,18,25-26H,3-4H2,1-2H3. The van der Waals surface area contributed by atoms with E-state index in [2.05, 4.69) is 16.7 Å². The number of nitrogens with one attached hydrogen (secondary N) is 2. The summed E-state index contributed by atoms with van der Waals surface area (Å²) in [5.41, 5.74) is 1.61. The Morgan fingerprint density at radius 2 is 1.70 bits per heavy atom. The van der Waals surface area contributed by atoms with Crippen LogP contribution in [0.25, 0.3) is 0 Å². The molecule has 0 aliphatic rings. The molecule has 0 amide bonds. The van der Waals surface area contributed by atoms with Crippen molar-refractivity contribution in [3.05, 3.63) is 77.6 Å². The quantitative estimate of drug-likeness (QED) is 0.242. The van der Waals surface area contributed by atoms with E-state index < -0.39 is 45.5 Å². The lowest BCUT2D eigenvalue weighted by molar-refractivity contribution is -0.152. The Morgan fingerprint density at radius 3 is 2.24 bits per heavy atom. The summed E-state index contributed by atoms with van der Waals surface area (Å²) in [4.78, 5) is 26.3. The molecule has 0 heterocycles. The van der Waals surface area contributed by atoms with Gasteiger partial charge >= 0.3 is 18.1 Å². The van der Waals surface area contributed by atoms with Gasteiger partial charge < -0.3 is 9.47 Å². The van der Waals surface area contributed by atoms with Crippen LogP contribution in [-0.4, -0.2) is 27.0 Å². The SMILES string of the molecule is C=C(OC(=O)C(NNS(=O)(=O)c1ccccc1C)c1ccc(C(F)(F)F)cc1)C(=O)OCC. The first-order valence-corrected chi connectivity index (χ1v) is 10.9. The maximum Gasteiger partial charge on any atom is 0.416 e. The first kappa shape index (κ1) is 26.0. The molecule has 0 aromatic heterocycles. The van der Waals surface area contributed by atoms with Gasteiger partial charge in [-0.05, 0) is 49.8 Å². The van der Waals surface area contributed by atoms with Crippen LogP contribution in [-0.2, 0) is 35.3 Å². The van der Waals surface area contributed by atoms with Crippen molar-refractivity contribution in [2.45, 2.75) is 31.0 Å². The van der Waals surface area contributed by atoms with Gasteiger partial charge in [-0.2, -0.15) is 13.2 Å². The smallest absolute Gasteiger partial charge is 0.416 e. The Balaban J connectivity index is 2.32. The van der Waals surface area contributed by atoms with Crippen LogP contribution in [0.2, 0.25) is 0 Å². The highest BCUT2D eigenvalue weighted by atomic mass is 32.2. The van der Waals surface area contributed by atoms with Crippen LogP contribution in [0.1, 0.15) is 29.7 Å². The average molecular weight is 486 g/mol. The van der Waals surface area contributed by atoms with Crippen molar-refractivity contribution in [3.8, 4) is 0 Å². The fourth-order valence-electron chi connectivity index (χ4n) is 2.63. The molecule has 8 nitrogen and oxygen atoms in total. The molecule has 0 saturated carbocycles. The lowest BCUT2D eigenvalue weighted by Gasteiger charge is -2.20. The lowest BCUT2D eigenvalue weighted by Crippen LogP contribution is -2.43. The minimum atomic E-state index is -4.62. The Kier molecular flexibility index (Phi) is 8.36. The van der Waals surface area contributed by atoms with Gasteiger partial charge in [-0.1, -0.05) is 30.3 Å². The van der Waals surface area contributed by atoms with Gasteiger partial charge in [0.1, 0.15) is 6.04 Å².